The van der Waals surface area contributed by atoms with Crippen molar-refractivity contribution in [2.45, 2.75) is 6.18 Å². The summed E-state index contributed by atoms with van der Waals surface area (Å²) in [4.78, 5) is 12.1. The van der Waals surface area contributed by atoms with Crippen LogP contribution in [0.15, 0.2) is 67.0 Å². The van der Waals surface area contributed by atoms with E-state index < -0.39 is 23.4 Å². The molecule has 5 nitrogen and oxygen atoms in total. The number of alkyl halides is 3. The lowest BCUT2D eigenvalue weighted by Crippen LogP contribution is -2.46. The van der Waals surface area contributed by atoms with Gasteiger partial charge in [-0.05, 0) is 54.6 Å². The van der Waals surface area contributed by atoms with E-state index >= 15 is 0 Å². The second-order valence-corrected chi connectivity index (χ2v) is 8.19. The van der Waals surface area contributed by atoms with Crippen LogP contribution >= 0.6 is 0 Å². The van der Waals surface area contributed by atoms with E-state index in [0.29, 0.717) is 60.0 Å². The zero-order chi connectivity index (χ0) is 24.6. The smallest absolute Gasteiger partial charge is 0.368 e. The standard InChI is InChI=1S/C25H20F5N5/c26-17-3-7-20-22(13-17)31-15-32-24(20)33-18-4-8-23(21(27)14-18)35-11-9-34(10-12-35)19-5-1-16(2-6-19)25(28,29)30/h1-8,13-15H,9-12H2,(H,31,32,33). The summed E-state index contributed by atoms with van der Waals surface area (Å²) in [6, 6.07) is 14.0. The Bertz CT molecular complexity index is 1350. The molecule has 4 aromatic rings. The van der Waals surface area contributed by atoms with Gasteiger partial charge in [0, 0.05) is 49.0 Å². The fraction of sp³-hybridized carbons (Fsp3) is 0.200. The third-order valence-electron chi connectivity index (χ3n) is 5.99. The number of aromatic nitrogens is 2. The van der Waals surface area contributed by atoms with Crippen molar-refractivity contribution in [3.05, 3.63) is 84.2 Å². The number of benzene rings is 3. The van der Waals surface area contributed by atoms with Crippen molar-refractivity contribution in [1.82, 2.24) is 9.97 Å². The predicted octanol–water partition coefficient (Wildman–Crippen LogP) is 6.00. The van der Waals surface area contributed by atoms with E-state index in [1.807, 2.05) is 9.80 Å². The average Bonchev–Trinajstić information content (AvgIpc) is 2.84. The lowest BCUT2D eigenvalue weighted by molar-refractivity contribution is -0.137. The number of hydrogen-bond donors (Lipinski definition) is 1. The van der Waals surface area contributed by atoms with Crippen molar-refractivity contribution < 1.29 is 22.0 Å². The molecule has 0 bridgehead atoms. The summed E-state index contributed by atoms with van der Waals surface area (Å²) in [6.07, 6.45) is -3.06. The number of anilines is 4. The molecule has 0 radical (unpaired) electrons. The maximum absolute atomic E-state index is 15.0. The molecule has 1 aliphatic rings. The predicted molar refractivity (Wildman–Crippen MR) is 125 cm³/mol. The van der Waals surface area contributed by atoms with Crippen LogP contribution in [0.1, 0.15) is 5.56 Å². The van der Waals surface area contributed by atoms with Crippen molar-refractivity contribution in [3.63, 3.8) is 0 Å². The van der Waals surface area contributed by atoms with E-state index in [1.165, 1.54) is 36.7 Å². The third kappa shape index (κ3) is 4.82. The molecule has 1 N–H and O–H groups in total. The van der Waals surface area contributed by atoms with Gasteiger partial charge in [-0.25, -0.2) is 18.7 Å². The molecule has 1 fully saturated rings. The topological polar surface area (TPSA) is 44.3 Å². The van der Waals surface area contributed by atoms with E-state index in [4.69, 9.17) is 0 Å². The minimum atomic E-state index is -4.37. The quantitative estimate of drug-likeness (QED) is 0.360. The van der Waals surface area contributed by atoms with Crippen LogP contribution in [0.25, 0.3) is 10.9 Å². The number of nitrogens with one attached hydrogen (secondary N) is 1. The molecule has 10 heteroatoms. The minimum Gasteiger partial charge on any atom is -0.368 e. The molecule has 1 saturated heterocycles. The largest absolute Gasteiger partial charge is 0.416 e. The first-order valence-corrected chi connectivity index (χ1v) is 10.9. The number of hydrogen-bond acceptors (Lipinski definition) is 5. The van der Waals surface area contributed by atoms with E-state index in [2.05, 4.69) is 15.3 Å². The molecule has 0 amide bonds. The molecular weight excluding hydrogens is 465 g/mol. The SMILES string of the molecule is Fc1ccc2c(Nc3ccc(N4CCN(c5ccc(C(F)(F)F)cc5)CC4)c(F)c3)ncnc2c1. The Morgan fingerprint density at radius 3 is 2.17 bits per heavy atom. The Morgan fingerprint density at radius 2 is 1.49 bits per heavy atom. The first kappa shape index (κ1) is 22.8. The number of nitrogens with zero attached hydrogens (tertiary/aromatic N) is 4. The highest BCUT2D eigenvalue weighted by Crippen LogP contribution is 2.32. The molecule has 3 aromatic carbocycles. The van der Waals surface area contributed by atoms with Gasteiger partial charge in [-0.2, -0.15) is 13.2 Å². The lowest BCUT2D eigenvalue weighted by Gasteiger charge is -2.37. The molecule has 35 heavy (non-hydrogen) atoms. The van der Waals surface area contributed by atoms with Crippen LogP contribution in [0.2, 0.25) is 0 Å². The third-order valence-corrected chi connectivity index (χ3v) is 5.99. The second-order valence-electron chi connectivity index (χ2n) is 8.19. The molecule has 0 saturated carbocycles. The second kappa shape index (κ2) is 9.01. The van der Waals surface area contributed by atoms with Crippen molar-refractivity contribution >= 4 is 33.8 Å². The average molecular weight is 485 g/mol. The highest BCUT2D eigenvalue weighted by atomic mass is 19.4. The number of piperazine rings is 1. The van der Waals surface area contributed by atoms with Crippen LogP contribution < -0.4 is 15.1 Å². The van der Waals surface area contributed by atoms with E-state index in [-0.39, 0.29) is 0 Å². The highest BCUT2D eigenvalue weighted by Gasteiger charge is 2.30. The lowest BCUT2D eigenvalue weighted by atomic mass is 10.1. The Balaban J connectivity index is 1.26. The zero-order valence-corrected chi connectivity index (χ0v) is 18.4. The van der Waals surface area contributed by atoms with Gasteiger partial charge >= 0.3 is 6.18 Å². The van der Waals surface area contributed by atoms with Gasteiger partial charge in [-0.15, -0.1) is 0 Å². The Kier molecular flexibility index (Phi) is 5.88. The number of halogens is 5. The summed E-state index contributed by atoms with van der Waals surface area (Å²) in [7, 11) is 0. The highest BCUT2D eigenvalue weighted by molar-refractivity contribution is 5.90. The Hall–Kier alpha value is -3.95. The summed E-state index contributed by atoms with van der Waals surface area (Å²) in [6.45, 7) is 2.14. The van der Waals surface area contributed by atoms with Gasteiger partial charge in [0.05, 0.1) is 16.8 Å². The maximum Gasteiger partial charge on any atom is 0.416 e. The normalized spacial score (nSPS) is 14.4. The molecule has 0 spiro atoms. The monoisotopic (exact) mass is 485 g/mol. The number of fused-ring (bicyclic) bond motifs is 1. The molecule has 1 aromatic heterocycles. The van der Waals surface area contributed by atoms with E-state index in [0.717, 1.165) is 12.1 Å². The maximum atomic E-state index is 15.0. The fourth-order valence-electron chi connectivity index (χ4n) is 4.17. The minimum absolute atomic E-state index is 0.407. The molecule has 0 atom stereocenters. The van der Waals surface area contributed by atoms with Gasteiger partial charge in [0.2, 0.25) is 0 Å². The molecule has 0 unspecified atom stereocenters. The summed E-state index contributed by atoms with van der Waals surface area (Å²) >= 11 is 0. The van der Waals surface area contributed by atoms with Crippen molar-refractivity contribution in [2.75, 3.05) is 41.3 Å². The Morgan fingerprint density at radius 1 is 0.771 bits per heavy atom. The van der Waals surface area contributed by atoms with Gasteiger partial charge in [0.15, 0.2) is 0 Å². The molecule has 1 aliphatic heterocycles. The van der Waals surface area contributed by atoms with Gasteiger partial charge < -0.3 is 15.1 Å². The summed E-state index contributed by atoms with van der Waals surface area (Å²) in [5, 5.41) is 3.67. The molecule has 2 heterocycles. The van der Waals surface area contributed by atoms with Gasteiger partial charge in [-0.1, -0.05) is 0 Å². The summed E-state index contributed by atoms with van der Waals surface area (Å²) < 4.78 is 66.8. The molecule has 0 aliphatic carbocycles. The van der Waals surface area contributed by atoms with Crippen LogP contribution in [0.5, 0.6) is 0 Å². The first-order chi connectivity index (χ1) is 16.8. The van der Waals surface area contributed by atoms with Gasteiger partial charge in [0.25, 0.3) is 0 Å². The molecule has 5 rings (SSSR count). The summed E-state index contributed by atoms with van der Waals surface area (Å²) in [5.74, 6) is -0.384. The van der Waals surface area contributed by atoms with Crippen LogP contribution in [-0.4, -0.2) is 36.1 Å². The zero-order valence-electron chi connectivity index (χ0n) is 18.4. The van der Waals surface area contributed by atoms with Gasteiger partial charge in [-0.3, -0.25) is 0 Å². The number of rotatable bonds is 4. The van der Waals surface area contributed by atoms with Crippen molar-refractivity contribution in [3.8, 4) is 0 Å². The van der Waals surface area contributed by atoms with Crippen LogP contribution in [0.3, 0.4) is 0 Å². The van der Waals surface area contributed by atoms with Crippen LogP contribution in [-0.2, 0) is 6.18 Å². The van der Waals surface area contributed by atoms with Crippen LogP contribution in [0.4, 0.5) is 44.8 Å². The van der Waals surface area contributed by atoms with E-state index in [1.54, 1.807) is 18.2 Å². The first-order valence-electron chi connectivity index (χ1n) is 10.9. The summed E-state index contributed by atoms with van der Waals surface area (Å²) in [5.41, 5.74) is 1.38. The molecular formula is C25H20F5N5. The van der Waals surface area contributed by atoms with Crippen LogP contribution in [0, 0.1) is 11.6 Å². The van der Waals surface area contributed by atoms with Crippen molar-refractivity contribution in [1.29, 1.82) is 0 Å². The molecule has 180 valence electrons. The fourth-order valence-corrected chi connectivity index (χ4v) is 4.17. The Labute approximate surface area is 197 Å². The van der Waals surface area contributed by atoms with Gasteiger partial charge in [0.1, 0.15) is 23.8 Å². The van der Waals surface area contributed by atoms with Crippen molar-refractivity contribution in [2.24, 2.45) is 0 Å². The van der Waals surface area contributed by atoms with E-state index in [9.17, 15) is 22.0 Å².